The van der Waals surface area contributed by atoms with Crippen LogP contribution in [0.1, 0.15) is 44.9 Å². The number of hydrogen-bond acceptors (Lipinski definition) is 8. The minimum atomic E-state index is -3.39. The first-order chi connectivity index (χ1) is 15.1. The molecule has 4 rings (SSSR count). The number of aromatic nitrogens is 2. The van der Waals surface area contributed by atoms with E-state index < -0.39 is 9.84 Å². The van der Waals surface area contributed by atoms with Crippen molar-refractivity contribution < 1.29 is 13.2 Å². The molecule has 174 valence electrons. The zero-order chi connectivity index (χ0) is 23.0. The zero-order valence-electron chi connectivity index (χ0n) is 18.4. The number of likely N-dealkylation sites (tertiary alicyclic amines) is 1. The highest BCUT2D eigenvalue weighted by molar-refractivity contribution is 7.90. The van der Waals surface area contributed by atoms with Gasteiger partial charge in [0.15, 0.2) is 9.84 Å². The van der Waals surface area contributed by atoms with E-state index in [9.17, 15) is 13.2 Å². The fraction of sp³-hybridized carbons (Fsp3) is 0.571. The summed E-state index contributed by atoms with van der Waals surface area (Å²) in [6.45, 7) is 6.63. The molecule has 0 unspecified atom stereocenters. The Labute approximate surface area is 198 Å². The van der Waals surface area contributed by atoms with Crippen molar-refractivity contribution in [3.05, 3.63) is 29.0 Å². The number of anilines is 2. The van der Waals surface area contributed by atoms with E-state index in [-0.39, 0.29) is 27.9 Å². The lowest BCUT2D eigenvalue weighted by Crippen LogP contribution is -2.47. The summed E-state index contributed by atoms with van der Waals surface area (Å²) in [6.07, 6.45) is 3.64. The predicted molar refractivity (Wildman–Crippen MR) is 128 cm³/mol. The number of piperidine rings is 1. The summed E-state index contributed by atoms with van der Waals surface area (Å²) in [7, 11) is -3.39. The van der Waals surface area contributed by atoms with Gasteiger partial charge in [0.05, 0.1) is 9.92 Å². The smallest absolute Gasteiger partial charge is 0.245 e. The first kappa shape index (κ1) is 23.3. The lowest BCUT2D eigenvalue weighted by atomic mass is 10.0. The van der Waals surface area contributed by atoms with Crippen molar-refractivity contribution in [3.63, 3.8) is 0 Å². The van der Waals surface area contributed by atoms with Gasteiger partial charge in [-0.1, -0.05) is 25.4 Å². The van der Waals surface area contributed by atoms with E-state index in [1.54, 1.807) is 12.1 Å². The maximum absolute atomic E-state index is 13.1. The van der Waals surface area contributed by atoms with Crippen molar-refractivity contribution in [2.24, 2.45) is 0 Å². The van der Waals surface area contributed by atoms with Crippen LogP contribution in [-0.2, 0) is 14.6 Å². The van der Waals surface area contributed by atoms with Crippen molar-refractivity contribution in [2.75, 3.05) is 36.1 Å². The molecule has 0 saturated carbocycles. The molecule has 0 radical (unpaired) electrons. The van der Waals surface area contributed by atoms with Crippen molar-refractivity contribution in [3.8, 4) is 0 Å². The quantitative estimate of drug-likeness (QED) is 0.653. The molecular formula is C21H28ClN5O3S2. The van der Waals surface area contributed by atoms with Crippen molar-refractivity contribution in [1.82, 2.24) is 14.3 Å². The number of carbonyl (C=O) groups is 1. The van der Waals surface area contributed by atoms with Crippen LogP contribution in [0.2, 0.25) is 5.02 Å². The van der Waals surface area contributed by atoms with Crippen LogP contribution in [0.5, 0.6) is 0 Å². The molecule has 1 aromatic heterocycles. The molecule has 2 fully saturated rings. The maximum atomic E-state index is 13.1. The summed E-state index contributed by atoms with van der Waals surface area (Å²) in [5.74, 6) is 1.30. The molecule has 0 aliphatic carbocycles. The van der Waals surface area contributed by atoms with Gasteiger partial charge in [-0.25, -0.2) is 13.4 Å². The summed E-state index contributed by atoms with van der Waals surface area (Å²) < 4.78 is 27.9. The van der Waals surface area contributed by atoms with E-state index in [1.807, 2.05) is 4.90 Å². The van der Waals surface area contributed by atoms with Gasteiger partial charge in [0, 0.05) is 55.1 Å². The number of hydrogen-bond donors (Lipinski definition) is 1. The number of amides is 1. The first-order valence-electron chi connectivity index (χ1n) is 10.8. The molecule has 11 heteroatoms. The van der Waals surface area contributed by atoms with E-state index >= 15 is 0 Å². The second-order valence-electron chi connectivity index (χ2n) is 8.74. The third-order valence-electron chi connectivity index (χ3n) is 6.04. The highest BCUT2D eigenvalue weighted by Crippen LogP contribution is 2.30. The Morgan fingerprint density at radius 3 is 2.50 bits per heavy atom. The molecule has 32 heavy (non-hydrogen) atoms. The molecular weight excluding hydrogens is 470 g/mol. The molecule has 1 atom stereocenters. The van der Waals surface area contributed by atoms with Crippen LogP contribution in [0.4, 0.5) is 10.8 Å². The standard InChI is InChI=1S/C21H28ClN5O3S2/c1-13(2)19-24-21(31-25-19)26-9-6-15(7-10-26)27-11-8-17(20(27)28)23-14-4-5-18(16(22)12-14)32(3,29)30/h4-5,12-13,15,17,23H,6-11H2,1-3H3/t17-/m0/s1. The number of nitrogens with zero attached hydrogens (tertiary/aromatic N) is 4. The molecule has 3 heterocycles. The van der Waals surface area contributed by atoms with Gasteiger partial charge in [-0.05, 0) is 37.5 Å². The Hall–Kier alpha value is -1.91. The summed E-state index contributed by atoms with van der Waals surface area (Å²) in [5, 5.41) is 4.35. The second-order valence-corrected chi connectivity index (χ2v) is 11.9. The topological polar surface area (TPSA) is 95.5 Å². The minimum absolute atomic E-state index is 0.0878. The first-order valence-corrected chi connectivity index (χ1v) is 13.8. The molecule has 0 spiro atoms. The average Bonchev–Trinajstić information content (AvgIpc) is 3.35. The third-order valence-corrected chi connectivity index (χ3v) is 8.41. The number of nitrogens with one attached hydrogen (secondary N) is 1. The molecule has 1 aromatic carbocycles. The number of benzene rings is 1. The van der Waals surface area contributed by atoms with Crippen molar-refractivity contribution in [2.45, 2.75) is 56.0 Å². The summed E-state index contributed by atoms with van der Waals surface area (Å²) in [5.41, 5.74) is 0.648. The maximum Gasteiger partial charge on any atom is 0.245 e. The molecule has 2 saturated heterocycles. The third kappa shape index (κ3) is 4.87. The van der Waals surface area contributed by atoms with Crippen LogP contribution in [0.3, 0.4) is 0 Å². The number of carbonyl (C=O) groups excluding carboxylic acids is 1. The average molecular weight is 498 g/mol. The monoisotopic (exact) mass is 497 g/mol. The van der Waals surface area contributed by atoms with E-state index in [0.29, 0.717) is 24.6 Å². The molecule has 2 aliphatic rings. The fourth-order valence-corrected chi connectivity index (χ4v) is 6.44. The van der Waals surface area contributed by atoms with Gasteiger partial charge in [0.1, 0.15) is 11.9 Å². The Kier molecular flexibility index (Phi) is 6.65. The fourth-order valence-electron chi connectivity index (χ4n) is 4.25. The van der Waals surface area contributed by atoms with Crippen LogP contribution in [0, 0.1) is 0 Å². The van der Waals surface area contributed by atoms with Crippen LogP contribution in [-0.4, -0.2) is 66.6 Å². The Balaban J connectivity index is 1.34. The molecule has 1 N–H and O–H groups in total. The number of halogens is 1. The van der Waals surface area contributed by atoms with E-state index in [1.165, 1.54) is 17.6 Å². The predicted octanol–water partition coefficient (Wildman–Crippen LogP) is 3.40. The van der Waals surface area contributed by atoms with Crippen molar-refractivity contribution >= 4 is 49.7 Å². The van der Waals surface area contributed by atoms with Gasteiger partial charge >= 0.3 is 0 Å². The Bertz CT molecular complexity index is 1100. The Morgan fingerprint density at radius 1 is 1.19 bits per heavy atom. The summed E-state index contributed by atoms with van der Waals surface area (Å²) in [6, 6.07) is 4.60. The SMILES string of the molecule is CC(C)c1nsc(N2CCC(N3CC[C@H](Nc4ccc(S(C)(=O)=O)c(Cl)c4)C3=O)CC2)n1. The van der Waals surface area contributed by atoms with Crippen LogP contribution in [0.15, 0.2) is 23.1 Å². The van der Waals surface area contributed by atoms with E-state index in [0.717, 1.165) is 43.1 Å². The molecule has 2 aliphatic heterocycles. The largest absolute Gasteiger partial charge is 0.374 e. The lowest BCUT2D eigenvalue weighted by Gasteiger charge is -2.36. The van der Waals surface area contributed by atoms with Gasteiger partial charge < -0.3 is 15.1 Å². The molecule has 0 bridgehead atoms. The minimum Gasteiger partial charge on any atom is -0.374 e. The molecule has 2 aromatic rings. The normalized spacial score (nSPS) is 20.4. The van der Waals surface area contributed by atoms with Gasteiger partial charge in [-0.15, -0.1) is 0 Å². The Morgan fingerprint density at radius 2 is 1.91 bits per heavy atom. The van der Waals surface area contributed by atoms with Gasteiger partial charge in [-0.3, -0.25) is 4.79 Å². The number of sulfone groups is 1. The zero-order valence-corrected chi connectivity index (χ0v) is 20.8. The lowest BCUT2D eigenvalue weighted by molar-refractivity contribution is -0.130. The van der Waals surface area contributed by atoms with E-state index in [4.69, 9.17) is 11.6 Å². The number of rotatable bonds is 6. The van der Waals surface area contributed by atoms with E-state index in [2.05, 4.69) is 33.4 Å². The molecule has 8 nitrogen and oxygen atoms in total. The summed E-state index contributed by atoms with van der Waals surface area (Å²) >= 11 is 7.59. The molecule has 1 amide bonds. The highest BCUT2D eigenvalue weighted by atomic mass is 35.5. The van der Waals surface area contributed by atoms with Gasteiger partial charge in [-0.2, -0.15) is 4.37 Å². The van der Waals surface area contributed by atoms with Crippen LogP contribution >= 0.6 is 23.1 Å². The van der Waals surface area contributed by atoms with Gasteiger partial charge in [0.2, 0.25) is 11.0 Å². The summed E-state index contributed by atoms with van der Waals surface area (Å²) in [4.78, 5) is 22.0. The second kappa shape index (κ2) is 9.15. The van der Waals surface area contributed by atoms with Gasteiger partial charge in [0.25, 0.3) is 0 Å². The van der Waals surface area contributed by atoms with Crippen LogP contribution < -0.4 is 10.2 Å². The van der Waals surface area contributed by atoms with Crippen molar-refractivity contribution in [1.29, 1.82) is 0 Å². The van der Waals surface area contributed by atoms with Crippen LogP contribution in [0.25, 0.3) is 0 Å². The highest BCUT2D eigenvalue weighted by Gasteiger charge is 2.37.